The van der Waals surface area contributed by atoms with Crippen LogP contribution < -0.4 is 0 Å². The van der Waals surface area contributed by atoms with Gasteiger partial charge >= 0.3 is 0 Å². The highest BCUT2D eigenvalue weighted by molar-refractivity contribution is 6.44. The number of ketones is 1. The zero-order valence-corrected chi connectivity index (χ0v) is 13.5. The monoisotopic (exact) mass is 301 g/mol. The minimum atomic E-state index is -0.544. The van der Waals surface area contributed by atoms with E-state index in [-0.39, 0.29) is 5.78 Å². The summed E-state index contributed by atoms with van der Waals surface area (Å²) in [5.41, 5.74) is -0.0388. The molecule has 0 radical (unpaired) electrons. The Balaban J connectivity index is 3.25. The molecule has 0 aliphatic carbocycles. The molecule has 1 aromatic carbocycles. The second-order valence-electron chi connectivity index (χ2n) is 4.73. The van der Waals surface area contributed by atoms with Gasteiger partial charge in [-0.3, -0.25) is 9.69 Å². The van der Waals surface area contributed by atoms with E-state index >= 15 is 0 Å². The number of hydrogen-bond acceptors (Lipinski definition) is 2. The van der Waals surface area contributed by atoms with E-state index in [0.29, 0.717) is 15.6 Å². The van der Waals surface area contributed by atoms with Crippen molar-refractivity contribution in [2.75, 3.05) is 13.1 Å². The standard InChI is InChI=1S/C15H21Cl2NO/c1-5-15(4,18(6-2)7-3)14(19)11-9-8-10-12(16)13(11)17/h8-10H,5-7H2,1-4H3. The van der Waals surface area contributed by atoms with Gasteiger partial charge in [0.2, 0.25) is 0 Å². The van der Waals surface area contributed by atoms with Crippen molar-refractivity contribution in [3.63, 3.8) is 0 Å². The minimum absolute atomic E-state index is 0.0335. The molecule has 4 heteroatoms. The van der Waals surface area contributed by atoms with E-state index in [1.54, 1.807) is 18.2 Å². The van der Waals surface area contributed by atoms with Crippen molar-refractivity contribution in [2.45, 2.75) is 39.7 Å². The molecule has 0 spiro atoms. The molecule has 1 atom stereocenters. The number of Topliss-reactive ketones (excluding diaryl/α,β-unsaturated/α-hetero) is 1. The van der Waals surface area contributed by atoms with E-state index < -0.39 is 5.54 Å². The van der Waals surface area contributed by atoms with Gasteiger partial charge in [0.05, 0.1) is 15.6 Å². The lowest BCUT2D eigenvalue weighted by Gasteiger charge is -2.38. The highest BCUT2D eigenvalue weighted by atomic mass is 35.5. The summed E-state index contributed by atoms with van der Waals surface area (Å²) < 4.78 is 0. The van der Waals surface area contributed by atoms with Crippen molar-refractivity contribution in [3.8, 4) is 0 Å². The number of rotatable bonds is 6. The van der Waals surface area contributed by atoms with Gasteiger partial charge in [-0.2, -0.15) is 0 Å². The third-order valence-corrected chi connectivity index (χ3v) is 4.65. The van der Waals surface area contributed by atoms with Gasteiger partial charge in [-0.05, 0) is 38.6 Å². The van der Waals surface area contributed by atoms with Crippen molar-refractivity contribution in [1.29, 1.82) is 0 Å². The molecule has 1 unspecified atom stereocenters. The molecule has 19 heavy (non-hydrogen) atoms. The third kappa shape index (κ3) is 3.13. The molecule has 0 heterocycles. The predicted molar refractivity (Wildman–Crippen MR) is 82.4 cm³/mol. The maximum Gasteiger partial charge on any atom is 0.184 e. The van der Waals surface area contributed by atoms with Crippen LogP contribution in [0.1, 0.15) is 44.5 Å². The summed E-state index contributed by atoms with van der Waals surface area (Å²) in [6.07, 6.45) is 0.732. The molecule has 106 valence electrons. The maximum absolute atomic E-state index is 12.8. The van der Waals surface area contributed by atoms with Crippen molar-refractivity contribution >= 4 is 29.0 Å². The van der Waals surface area contributed by atoms with Gasteiger partial charge in [-0.25, -0.2) is 0 Å². The quantitative estimate of drug-likeness (QED) is 0.711. The molecule has 0 fully saturated rings. The SMILES string of the molecule is CCN(CC)C(C)(CC)C(=O)c1cccc(Cl)c1Cl. The zero-order chi connectivity index (χ0) is 14.6. The first-order valence-electron chi connectivity index (χ1n) is 6.66. The van der Waals surface area contributed by atoms with Crippen molar-refractivity contribution in [2.24, 2.45) is 0 Å². The van der Waals surface area contributed by atoms with Gasteiger partial charge in [0.15, 0.2) is 5.78 Å². The van der Waals surface area contributed by atoms with Crippen LogP contribution in [0.5, 0.6) is 0 Å². The molecule has 0 saturated heterocycles. The first kappa shape index (κ1) is 16.5. The fourth-order valence-electron chi connectivity index (χ4n) is 2.42. The fraction of sp³-hybridized carbons (Fsp3) is 0.533. The first-order valence-corrected chi connectivity index (χ1v) is 7.41. The van der Waals surface area contributed by atoms with Crippen LogP contribution in [0.15, 0.2) is 18.2 Å². The summed E-state index contributed by atoms with van der Waals surface area (Å²) in [6, 6.07) is 5.20. The molecular weight excluding hydrogens is 281 g/mol. The van der Waals surface area contributed by atoms with Crippen molar-refractivity contribution in [3.05, 3.63) is 33.8 Å². The average molecular weight is 302 g/mol. The van der Waals surface area contributed by atoms with E-state index in [9.17, 15) is 4.79 Å². The number of carbonyl (C=O) groups excluding carboxylic acids is 1. The summed E-state index contributed by atoms with van der Waals surface area (Å²) in [5.74, 6) is 0.0335. The van der Waals surface area contributed by atoms with E-state index in [0.717, 1.165) is 19.5 Å². The predicted octanol–water partition coefficient (Wildman–Crippen LogP) is 4.69. The summed E-state index contributed by atoms with van der Waals surface area (Å²) in [4.78, 5) is 15.0. The highest BCUT2D eigenvalue weighted by Crippen LogP contribution is 2.31. The van der Waals surface area contributed by atoms with E-state index in [2.05, 4.69) is 18.7 Å². The summed E-state index contributed by atoms with van der Waals surface area (Å²) in [6.45, 7) is 9.76. The topological polar surface area (TPSA) is 20.3 Å². The second kappa shape index (κ2) is 6.74. The Kier molecular flexibility index (Phi) is 5.84. The lowest BCUT2D eigenvalue weighted by atomic mass is 9.86. The second-order valence-corrected chi connectivity index (χ2v) is 5.52. The maximum atomic E-state index is 12.8. The van der Waals surface area contributed by atoms with Crippen LogP contribution in [0.2, 0.25) is 10.0 Å². The Morgan fingerprint density at radius 2 is 1.79 bits per heavy atom. The first-order chi connectivity index (χ1) is 8.92. The van der Waals surface area contributed by atoms with Crippen LogP contribution in [-0.4, -0.2) is 29.3 Å². The summed E-state index contributed by atoms with van der Waals surface area (Å²) in [7, 11) is 0. The third-order valence-electron chi connectivity index (χ3n) is 3.84. The van der Waals surface area contributed by atoms with Gasteiger partial charge in [0, 0.05) is 5.56 Å². The van der Waals surface area contributed by atoms with Crippen LogP contribution in [0.25, 0.3) is 0 Å². The number of likely N-dealkylation sites (N-methyl/N-ethyl adjacent to an activating group) is 1. The van der Waals surface area contributed by atoms with Gasteiger partial charge in [0.1, 0.15) is 0 Å². The molecule has 0 amide bonds. The largest absolute Gasteiger partial charge is 0.292 e. The molecule has 1 rings (SSSR count). The Morgan fingerprint density at radius 3 is 2.26 bits per heavy atom. The number of carbonyl (C=O) groups is 1. The average Bonchev–Trinajstić information content (AvgIpc) is 2.42. The smallest absolute Gasteiger partial charge is 0.184 e. The molecular formula is C15H21Cl2NO. The molecule has 0 saturated carbocycles. The van der Waals surface area contributed by atoms with Crippen molar-refractivity contribution < 1.29 is 4.79 Å². The molecule has 0 aromatic heterocycles. The molecule has 1 aromatic rings. The molecule has 0 N–H and O–H groups in total. The van der Waals surface area contributed by atoms with Crippen LogP contribution in [0, 0.1) is 0 Å². The highest BCUT2D eigenvalue weighted by Gasteiger charge is 2.37. The number of benzene rings is 1. The number of nitrogens with zero attached hydrogens (tertiary/aromatic N) is 1. The van der Waals surface area contributed by atoms with Crippen LogP contribution >= 0.6 is 23.2 Å². The zero-order valence-electron chi connectivity index (χ0n) is 12.0. The van der Waals surface area contributed by atoms with Gasteiger partial charge < -0.3 is 0 Å². The molecule has 2 nitrogen and oxygen atoms in total. The van der Waals surface area contributed by atoms with Crippen LogP contribution in [0.3, 0.4) is 0 Å². The number of halogens is 2. The van der Waals surface area contributed by atoms with Crippen LogP contribution in [-0.2, 0) is 0 Å². The minimum Gasteiger partial charge on any atom is -0.292 e. The van der Waals surface area contributed by atoms with Gasteiger partial charge in [-0.1, -0.05) is 50.0 Å². The van der Waals surface area contributed by atoms with Crippen LogP contribution in [0.4, 0.5) is 0 Å². The lowest BCUT2D eigenvalue weighted by molar-refractivity contribution is 0.0608. The number of hydrogen-bond donors (Lipinski definition) is 0. The summed E-state index contributed by atoms with van der Waals surface area (Å²) in [5, 5.41) is 0.770. The summed E-state index contributed by atoms with van der Waals surface area (Å²) >= 11 is 12.2. The Hall–Kier alpha value is -0.570. The van der Waals surface area contributed by atoms with E-state index in [1.807, 2.05) is 13.8 Å². The van der Waals surface area contributed by atoms with Gasteiger partial charge in [0.25, 0.3) is 0 Å². The molecule has 0 bridgehead atoms. The lowest BCUT2D eigenvalue weighted by Crippen LogP contribution is -2.52. The normalized spacial score (nSPS) is 14.5. The molecule has 0 aliphatic heterocycles. The van der Waals surface area contributed by atoms with E-state index in [1.165, 1.54) is 0 Å². The van der Waals surface area contributed by atoms with Crippen molar-refractivity contribution in [1.82, 2.24) is 4.90 Å². The Labute approximate surface area is 125 Å². The molecule has 0 aliphatic rings. The van der Waals surface area contributed by atoms with Gasteiger partial charge in [-0.15, -0.1) is 0 Å². The Bertz CT molecular complexity index is 457. The fourth-order valence-corrected chi connectivity index (χ4v) is 2.80. The van der Waals surface area contributed by atoms with E-state index in [4.69, 9.17) is 23.2 Å². The Morgan fingerprint density at radius 1 is 1.21 bits per heavy atom.